The van der Waals surface area contributed by atoms with Crippen molar-refractivity contribution in [1.29, 1.82) is 0 Å². The number of primary amides is 1. The van der Waals surface area contributed by atoms with E-state index in [1.165, 1.54) is 5.56 Å². The number of amides is 1. The summed E-state index contributed by atoms with van der Waals surface area (Å²) in [5.74, 6) is -0.393. The Balaban J connectivity index is 2.15. The summed E-state index contributed by atoms with van der Waals surface area (Å²) >= 11 is 0. The maximum absolute atomic E-state index is 11.2. The van der Waals surface area contributed by atoms with E-state index in [2.05, 4.69) is 17.4 Å². The van der Waals surface area contributed by atoms with E-state index < -0.39 is 5.91 Å². The van der Waals surface area contributed by atoms with Gasteiger partial charge in [-0.1, -0.05) is 36.4 Å². The maximum atomic E-state index is 11.2. The molecule has 0 heterocycles. The highest BCUT2D eigenvalue weighted by Gasteiger charge is 2.07. The van der Waals surface area contributed by atoms with E-state index in [1.807, 2.05) is 37.3 Å². The molecule has 2 aromatic carbocycles. The fourth-order valence-electron chi connectivity index (χ4n) is 1.89. The number of nitrogens with two attached hydrogens (primary N) is 1. The molecule has 0 aliphatic carbocycles. The lowest BCUT2D eigenvalue weighted by Gasteiger charge is -2.11. The second-order valence-corrected chi connectivity index (χ2v) is 4.18. The topological polar surface area (TPSA) is 55.1 Å². The smallest absolute Gasteiger partial charge is 0.249 e. The van der Waals surface area contributed by atoms with Gasteiger partial charge in [0, 0.05) is 17.8 Å². The number of carbonyl (C=O) groups is 1. The van der Waals surface area contributed by atoms with Gasteiger partial charge in [0.05, 0.1) is 0 Å². The first-order valence-electron chi connectivity index (χ1n) is 5.85. The van der Waals surface area contributed by atoms with E-state index in [1.54, 1.807) is 6.07 Å². The summed E-state index contributed by atoms with van der Waals surface area (Å²) in [5, 5.41) is 3.32. The molecule has 0 aliphatic rings. The molecule has 0 atom stereocenters. The molecule has 18 heavy (non-hydrogen) atoms. The van der Waals surface area contributed by atoms with E-state index in [-0.39, 0.29) is 0 Å². The molecule has 3 heteroatoms. The molecule has 0 unspecified atom stereocenters. The van der Waals surface area contributed by atoms with Crippen LogP contribution in [0.1, 0.15) is 21.5 Å². The minimum Gasteiger partial charge on any atom is -0.381 e. The molecule has 0 spiro atoms. The van der Waals surface area contributed by atoms with Gasteiger partial charge in [0.1, 0.15) is 0 Å². The van der Waals surface area contributed by atoms with Crippen molar-refractivity contribution < 1.29 is 4.79 Å². The van der Waals surface area contributed by atoms with Crippen molar-refractivity contribution in [1.82, 2.24) is 0 Å². The second kappa shape index (κ2) is 5.36. The predicted octanol–water partition coefficient (Wildman–Crippen LogP) is 2.71. The Morgan fingerprint density at radius 2 is 1.83 bits per heavy atom. The average Bonchev–Trinajstić information content (AvgIpc) is 2.38. The lowest BCUT2D eigenvalue weighted by atomic mass is 10.1. The van der Waals surface area contributed by atoms with Gasteiger partial charge in [-0.15, -0.1) is 0 Å². The fraction of sp³-hybridized carbons (Fsp3) is 0.133. The standard InChI is InChI=1S/C15H16N2O/c1-11-13(15(16)18)8-5-9-14(11)17-10-12-6-3-2-4-7-12/h2-9,17H,10H2,1H3,(H2,16,18). The molecule has 0 aromatic heterocycles. The Hall–Kier alpha value is -2.29. The van der Waals surface area contributed by atoms with Crippen LogP contribution in [0.5, 0.6) is 0 Å². The highest BCUT2D eigenvalue weighted by molar-refractivity contribution is 5.95. The van der Waals surface area contributed by atoms with Crippen molar-refractivity contribution in [2.45, 2.75) is 13.5 Å². The highest BCUT2D eigenvalue weighted by atomic mass is 16.1. The summed E-state index contributed by atoms with van der Waals surface area (Å²) in [4.78, 5) is 11.2. The van der Waals surface area contributed by atoms with Gasteiger partial charge in [-0.05, 0) is 30.2 Å². The molecule has 3 nitrogen and oxygen atoms in total. The number of anilines is 1. The van der Waals surface area contributed by atoms with Crippen molar-refractivity contribution >= 4 is 11.6 Å². The molecule has 2 rings (SSSR count). The summed E-state index contributed by atoms with van der Waals surface area (Å²) in [6.45, 7) is 2.62. The van der Waals surface area contributed by atoms with Crippen LogP contribution < -0.4 is 11.1 Å². The Kier molecular flexibility index (Phi) is 3.63. The van der Waals surface area contributed by atoms with Crippen LogP contribution in [0.3, 0.4) is 0 Å². The number of nitrogens with one attached hydrogen (secondary N) is 1. The van der Waals surface area contributed by atoms with Crippen LogP contribution >= 0.6 is 0 Å². The molecular weight excluding hydrogens is 224 g/mol. The SMILES string of the molecule is Cc1c(NCc2ccccc2)cccc1C(N)=O. The number of benzene rings is 2. The molecule has 0 radical (unpaired) electrons. The average molecular weight is 240 g/mol. The van der Waals surface area contributed by atoms with E-state index >= 15 is 0 Å². The summed E-state index contributed by atoms with van der Waals surface area (Å²) < 4.78 is 0. The van der Waals surface area contributed by atoms with Crippen molar-refractivity contribution in [2.75, 3.05) is 5.32 Å². The third-order valence-corrected chi connectivity index (χ3v) is 2.93. The first kappa shape index (κ1) is 12.2. The first-order valence-corrected chi connectivity index (χ1v) is 5.85. The maximum Gasteiger partial charge on any atom is 0.249 e. The number of carbonyl (C=O) groups excluding carboxylic acids is 1. The van der Waals surface area contributed by atoms with Crippen LogP contribution in [0.2, 0.25) is 0 Å². The third kappa shape index (κ3) is 2.69. The molecule has 1 amide bonds. The van der Waals surface area contributed by atoms with Crippen LogP contribution in [0.15, 0.2) is 48.5 Å². The Labute approximate surface area is 107 Å². The third-order valence-electron chi connectivity index (χ3n) is 2.93. The summed E-state index contributed by atoms with van der Waals surface area (Å²) in [5.41, 5.74) is 8.91. The molecule has 2 aromatic rings. The zero-order valence-corrected chi connectivity index (χ0v) is 10.3. The lowest BCUT2D eigenvalue weighted by molar-refractivity contribution is 0.1000. The molecule has 0 saturated carbocycles. The minimum absolute atomic E-state index is 0.393. The van der Waals surface area contributed by atoms with E-state index in [0.29, 0.717) is 5.56 Å². The Morgan fingerprint density at radius 3 is 2.50 bits per heavy atom. The van der Waals surface area contributed by atoms with Crippen LogP contribution in [-0.4, -0.2) is 5.91 Å². The Bertz CT molecular complexity index is 550. The van der Waals surface area contributed by atoms with E-state index in [4.69, 9.17) is 5.73 Å². The quantitative estimate of drug-likeness (QED) is 0.863. The van der Waals surface area contributed by atoms with Gasteiger partial charge in [-0.2, -0.15) is 0 Å². The number of rotatable bonds is 4. The number of hydrogen-bond donors (Lipinski definition) is 2. The normalized spacial score (nSPS) is 10.1. The van der Waals surface area contributed by atoms with Crippen molar-refractivity contribution in [3.8, 4) is 0 Å². The van der Waals surface area contributed by atoms with Crippen LogP contribution in [0.25, 0.3) is 0 Å². The zero-order chi connectivity index (χ0) is 13.0. The van der Waals surface area contributed by atoms with Gasteiger partial charge < -0.3 is 11.1 Å². The van der Waals surface area contributed by atoms with Crippen molar-refractivity contribution in [2.24, 2.45) is 5.73 Å². The molecule has 0 saturated heterocycles. The van der Waals surface area contributed by atoms with Crippen LogP contribution in [0, 0.1) is 6.92 Å². The van der Waals surface area contributed by atoms with Gasteiger partial charge in [-0.25, -0.2) is 0 Å². The van der Waals surface area contributed by atoms with Gasteiger partial charge >= 0.3 is 0 Å². The first-order chi connectivity index (χ1) is 8.68. The molecule has 92 valence electrons. The summed E-state index contributed by atoms with van der Waals surface area (Å²) in [6, 6.07) is 15.6. The number of hydrogen-bond acceptors (Lipinski definition) is 2. The lowest BCUT2D eigenvalue weighted by Crippen LogP contribution is -2.13. The van der Waals surface area contributed by atoms with E-state index in [0.717, 1.165) is 17.8 Å². The molecule has 0 aliphatic heterocycles. The monoisotopic (exact) mass is 240 g/mol. The van der Waals surface area contributed by atoms with E-state index in [9.17, 15) is 4.79 Å². The van der Waals surface area contributed by atoms with Crippen LogP contribution in [0.4, 0.5) is 5.69 Å². The fourth-order valence-corrected chi connectivity index (χ4v) is 1.89. The predicted molar refractivity (Wildman–Crippen MR) is 73.5 cm³/mol. The summed E-state index contributed by atoms with van der Waals surface area (Å²) in [6.07, 6.45) is 0. The zero-order valence-electron chi connectivity index (χ0n) is 10.3. The molecule has 0 fully saturated rings. The second-order valence-electron chi connectivity index (χ2n) is 4.18. The molecule has 3 N–H and O–H groups in total. The van der Waals surface area contributed by atoms with Gasteiger partial charge in [0.15, 0.2) is 0 Å². The highest BCUT2D eigenvalue weighted by Crippen LogP contribution is 2.19. The van der Waals surface area contributed by atoms with Gasteiger partial charge in [0.2, 0.25) is 5.91 Å². The largest absolute Gasteiger partial charge is 0.381 e. The minimum atomic E-state index is -0.393. The summed E-state index contributed by atoms with van der Waals surface area (Å²) in [7, 11) is 0. The van der Waals surface area contributed by atoms with Crippen LogP contribution in [-0.2, 0) is 6.54 Å². The molecule has 0 bridgehead atoms. The molecular formula is C15H16N2O. The van der Waals surface area contributed by atoms with Crippen molar-refractivity contribution in [3.05, 3.63) is 65.2 Å². The van der Waals surface area contributed by atoms with Crippen molar-refractivity contribution in [3.63, 3.8) is 0 Å². The van der Waals surface area contributed by atoms with Gasteiger partial charge in [0.25, 0.3) is 0 Å². The Morgan fingerprint density at radius 1 is 1.11 bits per heavy atom. The van der Waals surface area contributed by atoms with Gasteiger partial charge in [-0.3, -0.25) is 4.79 Å².